The van der Waals surface area contributed by atoms with Crippen molar-refractivity contribution < 1.29 is 0 Å². The summed E-state index contributed by atoms with van der Waals surface area (Å²) < 4.78 is 0. The van der Waals surface area contributed by atoms with Crippen LogP contribution in [-0.2, 0) is 0 Å². The molecule has 64 valence electrons. The summed E-state index contributed by atoms with van der Waals surface area (Å²) >= 11 is 10.3. The molecule has 0 fully saturated rings. The van der Waals surface area contributed by atoms with Gasteiger partial charge in [0.15, 0.2) is 5.11 Å². The van der Waals surface area contributed by atoms with Crippen LogP contribution in [-0.4, -0.2) is 5.11 Å². The summed E-state index contributed by atoms with van der Waals surface area (Å²) in [7, 11) is 0. The first-order valence-electron chi connectivity index (χ1n) is 3.21. The Bertz CT molecular complexity index is 314. The summed E-state index contributed by atoms with van der Waals surface area (Å²) in [5.41, 5.74) is 12.1. The molecule has 5 heteroatoms. The average molecular weight is 202 g/mol. The number of hydrogen-bond acceptors (Lipinski definition) is 2. The summed E-state index contributed by atoms with van der Waals surface area (Å²) in [5.74, 6) is 0. The molecule has 12 heavy (non-hydrogen) atoms. The van der Waals surface area contributed by atoms with Gasteiger partial charge in [-0.15, -0.1) is 0 Å². The molecule has 0 spiro atoms. The van der Waals surface area contributed by atoms with Gasteiger partial charge in [0.25, 0.3) is 0 Å². The molecule has 0 amide bonds. The van der Waals surface area contributed by atoms with Crippen molar-refractivity contribution in [2.24, 2.45) is 5.73 Å². The van der Waals surface area contributed by atoms with E-state index in [1.165, 1.54) is 0 Å². The second-order valence-corrected chi connectivity index (χ2v) is 3.10. The number of thiocarbonyl (C=S) groups is 1. The second-order valence-electron chi connectivity index (χ2n) is 2.22. The van der Waals surface area contributed by atoms with Gasteiger partial charge >= 0.3 is 0 Å². The molecule has 0 aliphatic rings. The maximum Gasteiger partial charge on any atom is 0.168 e. The van der Waals surface area contributed by atoms with Crippen molar-refractivity contribution in [3.8, 4) is 0 Å². The lowest BCUT2D eigenvalue weighted by Gasteiger charge is -2.06. The third-order valence-electron chi connectivity index (χ3n) is 1.27. The molecule has 0 saturated heterocycles. The number of nitrogen functional groups attached to an aromatic ring is 1. The van der Waals surface area contributed by atoms with E-state index in [4.69, 9.17) is 23.1 Å². The van der Waals surface area contributed by atoms with Gasteiger partial charge in [0.2, 0.25) is 0 Å². The summed E-state index contributed by atoms with van der Waals surface area (Å²) in [6.07, 6.45) is 0. The molecule has 0 bridgehead atoms. The molecule has 0 saturated carbocycles. The van der Waals surface area contributed by atoms with Crippen molar-refractivity contribution >= 4 is 40.3 Å². The Labute approximate surface area is 80.7 Å². The van der Waals surface area contributed by atoms with Gasteiger partial charge in [-0.25, -0.2) is 0 Å². The largest absolute Gasteiger partial charge is 0.397 e. The molecule has 0 aromatic heterocycles. The fourth-order valence-electron chi connectivity index (χ4n) is 0.780. The van der Waals surface area contributed by atoms with Crippen LogP contribution < -0.4 is 16.8 Å². The molecule has 0 atom stereocenters. The number of halogens is 1. The van der Waals surface area contributed by atoms with E-state index >= 15 is 0 Å². The third kappa shape index (κ3) is 2.25. The predicted molar refractivity (Wildman–Crippen MR) is 56.3 cm³/mol. The summed E-state index contributed by atoms with van der Waals surface area (Å²) in [5, 5.41) is 3.49. The lowest BCUT2D eigenvalue weighted by atomic mass is 10.3. The monoisotopic (exact) mass is 201 g/mol. The van der Waals surface area contributed by atoms with E-state index in [1.54, 1.807) is 18.2 Å². The maximum atomic E-state index is 5.68. The van der Waals surface area contributed by atoms with E-state index in [-0.39, 0.29) is 5.11 Å². The highest BCUT2D eigenvalue weighted by molar-refractivity contribution is 7.80. The van der Waals surface area contributed by atoms with Crippen LogP contribution in [0.1, 0.15) is 0 Å². The number of benzene rings is 1. The van der Waals surface area contributed by atoms with E-state index in [0.29, 0.717) is 16.4 Å². The summed E-state index contributed by atoms with van der Waals surface area (Å²) in [4.78, 5) is 0. The molecule has 0 radical (unpaired) electrons. The molecule has 0 aliphatic heterocycles. The zero-order valence-electron chi connectivity index (χ0n) is 6.17. The number of nitrogens with one attached hydrogen (secondary N) is 1. The van der Waals surface area contributed by atoms with Crippen molar-refractivity contribution in [3.05, 3.63) is 23.2 Å². The smallest absolute Gasteiger partial charge is 0.168 e. The second kappa shape index (κ2) is 3.60. The molecule has 0 heterocycles. The highest BCUT2D eigenvalue weighted by Gasteiger charge is 1.99. The number of anilines is 2. The first kappa shape index (κ1) is 9.09. The van der Waals surface area contributed by atoms with Crippen LogP contribution >= 0.6 is 23.8 Å². The van der Waals surface area contributed by atoms with Gasteiger partial charge in [0.1, 0.15) is 0 Å². The molecule has 1 rings (SSSR count). The van der Waals surface area contributed by atoms with Crippen molar-refractivity contribution in [2.75, 3.05) is 11.1 Å². The Morgan fingerprint density at radius 3 is 2.67 bits per heavy atom. The lowest BCUT2D eigenvalue weighted by Crippen LogP contribution is -2.19. The normalized spacial score (nSPS) is 9.42. The Morgan fingerprint density at radius 2 is 2.17 bits per heavy atom. The van der Waals surface area contributed by atoms with Crippen molar-refractivity contribution in [1.82, 2.24) is 0 Å². The van der Waals surface area contributed by atoms with Crippen LogP contribution in [0.15, 0.2) is 18.2 Å². The number of rotatable bonds is 1. The fourth-order valence-corrected chi connectivity index (χ4v) is 1.07. The molecule has 0 aliphatic carbocycles. The summed E-state index contributed by atoms with van der Waals surface area (Å²) in [6, 6.07) is 5.05. The molecule has 5 N–H and O–H groups in total. The van der Waals surface area contributed by atoms with Gasteiger partial charge in [-0.3, -0.25) is 0 Å². The average Bonchev–Trinajstić information content (AvgIpc) is 1.94. The third-order valence-corrected chi connectivity index (χ3v) is 1.61. The minimum absolute atomic E-state index is 0.184. The van der Waals surface area contributed by atoms with E-state index < -0.39 is 0 Å². The van der Waals surface area contributed by atoms with Crippen LogP contribution in [0.3, 0.4) is 0 Å². The molecule has 1 aromatic rings. The van der Waals surface area contributed by atoms with Gasteiger partial charge in [-0.05, 0) is 30.4 Å². The standard InChI is InChI=1S/C7H8ClN3S/c8-4-1-2-6(5(9)3-4)11-7(10)12/h1-3H,9H2,(H3,10,11,12). The highest BCUT2D eigenvalue weighted by atomic mass is 35.5. The molecular weight excluding hydrogens is 194 g/mol. The van der Waals surface area contributed by atoms with E-state index in [2.05, 4.69) is 17.5 Å². The Hall–Kier alpha value is -1.00. The minimum atomic E-state index is 0.184. The zero-order valence-corrected chi connectivity index (χ0v) is 7.75. The molecule has 3 nitrogen and oxygen atoms in total. The van der Waals surface area contributed by atoms with Crippen LogP contribution in [0.4, 0.5) is 11.4 Å². The van der Waals surface area contributed by atoms with Crippen LogP contribution in [0.2, 0.25) is 5.02 Å². The maximum absolute atomic E-state index is 5.68. The van der Waals surface area contributed by atoms with Crippen LogP contribution in [0, 0.1) is 0 Å². The predicted octanol–water partition coefficient (Wildman–Crippen LogP) is 1.58. The quantitative estimate of drug-likeness (QED) is 0.477. The SMILES string of the molecule is NC(=S)Nc1ccc(Cl)cc1N. The van der Waals surface area contributed by atoms with E-state index in [9.17, 15) is 0 Å². The fraction of sp³-hybridized carbons (Fsp3) is 0. The van der Waals surface area contributed by atoms with Gasteiger partial charge in [-0.2, -0.15) is 0 Å². The number of hydrogen-bond donors (Lipinski definition) is 3. The van der Waals surface area contributed by atoms with Gasteiger partial charge in [0, 0.05) is 5.02 Å². The first-order valence-corrected chi connectivity index (χ1v) is 3.99. The van der Waals surface area contributed by atoms with E-state index in [1.807, 2.05) is 0 Å². The van der Waals surface area contributed by atoms with Gasteiger partial charge < -0.3 is 16.8 Å². The minimum Gasteiger partial charge on any atom is -0.397 e. The van der Waals surface area contributed by atoms with Gasteiger partial charge in [-0.1, -0.05) is 11.6 Å². The van der Waals surface area contributed by atoms with E-state index in [0.717, 1.165) is 0 Å². The molecule has 0 unspecified atom stereocenters. The first-order chi connectivity index (χ1) is 5.59. The number of nitrogens with two attached hydrogens (primary N) is 2. The zero-order chi connectivity index (χ0) is 9.14. The topological polar surface area (TPSA) is 64.1 Å². The lowest BCUT2D eigenvalue weighted by molar-refractivity contribution is 1.60. The molecular formula is C7H8ClN3S. The Kier molecular flexibility index (Phi) is 2.73. The van der Waals surface area contributed by atoms with Gasteiger partial charge in [0.05, 0.1) is 11.4 Å². The molecule has 1 aromatic carbocycles. The van der Waals surface area contributed by atoms with Crippen molar-refractivity contribution in [3.63, 3.8) is 0 Å². The van der Waals surface area contributed by atoms with Crippen molar-refractivity contribution in [1.29, 1.82) is 0 Å². The van der Waals surface area contributed by atoms with Crippen molar-refractivity contribution in [2.45, 2.75) is 0 Å². The van der Waals surface area contributed by atoms with Crippen LogP contribution in [0.5, 0.6) is 0 Å². The van der Waals surface area contributed by atoms with Crippen LogP contribution in [0.25, 0.3) is 0 Å². The Balaban J connectivity index is 2.93. The Morgan fingerprint density at radius 1 is 1.50 bits per heavy atom. The summed E-state index contributed by atoms with van der Waals surface area (Å²) in [6.45, 7) is 0. The highest BCUT2D eigenvalue weighted by Crippen LogP contribution is 2.22.